The highest BCUT2D eigenvalue weighted by Gasteiger charge is 2.11. The molecule has 2 aromatic carbocycles. The van der Waals surface area contributed by atoms with Crippen LogP contribution in [-0.2, 0) is 0 Å². The third kappa shape index (κ3) is 5.04. The Hall–Kier alpha value is -1.92. The summed E-state index contributed by atoms with van der Waals surface area (Å²) in [4.78, 5) is 14.3. The van der Waals surface area contributed by atoms with Crippen molar-refractivity contribution in [3.8, 4) is 5.75 Å². The van der Waals surface area contributed by atoms with Crippen molar-refractivity contribution in [1.29, 1.82) is 0 Å². The first kappa shape index (κ1) is 18.4. The zero-order chi connectivity index (χ0) is 17.5. The number of carbonyl (C=O) groups excluding carboxylic acids is 1. The Bertz CT molecular complexity index is 715. The Morgan fingerprint density at radius 3 is 2.46 bits per heavy atom. The van der Waals surface area contributed by atoms with E-state index in [1.807, 2.05) is 43.0 Å². The second-order valence-corrected chi connectivity index (χ2v) is 6.29. The van der Waals surface area contributed by atoms with E-state index in [0.29, 0.717) is 16.5 Å². The standard InChI is InChI=1S/C18H19BrN2O2S/c1-3-21(4-2)18(24)23-16-7-5-6-13(12-16)17(22)20-15-10-8-14(19)9-11-15/h5-12H,3-4H2,1-2H3,(H,20,22). The van der Waals surface area contributed by atoms with E-state index in [4.69, 9.17) is 17.0 Å². The molecule has 0 saturated carbocycles. The molecule has 1 amide bonds. The SMILES string of the molecule is CCN(CC)C(=S)Oc1cccc(C(=O)Nc2ccc(Br)cc2)c1. The molecule has 0 fully saturated rings. The van der Waals surface area contributed by atoms with E-state index in [9.17, 15) is 4.79 Å². The maximum Gasteiger partial charge on any atom is 0.264 e. The summed E-state index contributed by atoms with van der Waals surface area (Å²) in [5, 5.41) is 3.26. The van der Waals surface area contributed by atoms with Crippen molar-refractivity contribution in [3.05, 3.63) is 58.6 Å². The predicted octanol–water partition coefficient (Wildman–Crippen LogP) is 4.71. The van der Waals surface area contributed by atoms with Gasteiger partial charge in [-0.2, -0.15) is 0 Å². The number of carbonyl (C=O) groups is 1. The van der Waals surface area contributed by atoms with Gasteiger partial charge in [0.05, 0.1) is 0 Å². The molecule has 0 bridgehead atoms. The van der Waals surface area contributed by atoms with Crippen LogP contribution < -0.4 is 10.1 Å². The lowest BCUT2D eigenvalue weighted by Gasteiger charge is -2.21. The molecule has 1 N–H and O–H groups in total. The van der Waals surface area contributed by atoms with Crippen LogP contribution in [0.2, 0.25) is 0 Å². The van der Waals surface area contributed by atoms with E-state index >= 15 is 0 Å². The minimum absolute atomic E-state index is 0.198. The number of ether oxygens (including phenoxy) is 1. The van der Waals surface area contributed by atoms with E-state index in [0.717, 1.165) is 23.2 Å². The van der Waals surface area contributed by atoms with E-state index in [-0.39, 0.29) is 5.91 Å². The number of halogens is 1. The Balaban J connectivity index is 2.07. The lowest BCUT2D eigenvalue weighted by atomic mass is 10.2. The summed E-state index contributed by atoms with van der Waals surface area (Å²) in [5.74, 6) is 0.354. The third-order valence-electron chi connectivity index (χ3n) is 3.43. The quantitative estimate of drug-likeness (QED) is 0.730. The maximum atomic E-state index is 12.4. The number of rotatable bonds is 5. The molecule has 2 rings (SSSR count). The molecule has 24 heavy (non-hydrogen) atoms. The van der Waals surface area contributed by atoms with E-state index < -0.39 is 0 Å². The topological polar surface area (TPSA) is 41.6 Å². The van der Waals surface area contributed by atoms with Gasteiger partial charge in [0.2, 0.25) is 0 Å². The molecular formula is C18H19BrN2O2S. The van der Waals surface area contributed by atoms with Crippen LogP contribution in [0, 0.1) is 0 Å². The number of hydrogen-bond acceptors (Lipinski definition) is 3. The lowest BCUT2D eigenvalue weighted by Crippen LogP contribution is -2.32. The molecule has 0 spiro atoms. The fourth-order valence-corrected chi connectivity index (χ4v) is 2.70. The molecule has 0 saturated heterocycles. The van der Waals surface area contributed by atoms with Crippen molar-refractivity contribution in [3.63, 3.8) is 0 Å². The van der Waals surface area contributed by atoms with E-state index in [2.05, 4.69) is 21.2 Å². The second-order valence-electron chi connectivity index (χ2n) is 5.03. The van der Waals surface area contributed by atoms with Gasteiger partial charge in [0.1, 0.15) is 5.75 Å². The fraction of sp³-hybridized carbons (Fsp3) is 0.222. The van der Waals surface area contributed by atoms with Crippen LogP contribution in [0.4, 0.5) is 5.69 Å². The fourth-order valence-electron chi connectivity index (χ4n) is 2.08. The summed E-state index contributed by atoms with van der Waals surface area (Å²) in [7, 11) is 0. The van der Waals surface area contributed by atoms with Gasteiger partial charge in [0.25, 0.3) is 11.1 Å². The Morgan fingerprint density at radius 2 is 1.83 bits per heavy atom. The second kappa shape index (κ2) is 8.80. The highest BCUT2D eigenvalue weighted by molar-refractivity contribution is 9.10. The number of thiocarbonyl (C=S) groups is 1. The minimum Gasteiger partial charge on any atom is -0.432 e. The molecule has 0 unspecified atom stereocenters. The first-order chi connectivity index (χ1) is 11.5. The molecule has 4 nitrogen and oxygen atoms in total. The van der Waals surface area contributed by atoms with Gasteiger partial charge < -0.3 is 15.0 Å². The van der Waals surface area contributed by atoms with Gasteiger partial charge in [-0.3, -0.25) is 4.79 Å². The van der Waals surface area contributed by atoms with Crippen molar-refractivity contribution in [2.24, 2.45) is 0 Å². The smallest absolute Gasteiger partial charge is 0.264 e. The normalized spacial score (nSPS) is 10.1. The first-order valence-corrected chi connectivity index (χ1v) is 8.87. The molecule has 0 heterocycles. The van der Waals surface area contributed by atoms with Crippen molar-refractivity contribution >= 4 is 44.9 Å². The molecule has 6 heteroatoms. The molecule has 0 aromatic heterocycles. The van der Waals surface area contributed by atoms with Crippen LogP contribution in [0.5, 0.6) is 5.75 Å². The summed E-state index contributed by atoms with van der Waals surface area (Å²) in [6, 6.07) is 14.4. The number of anilines is 1. The van der Waals surface area contributed by atoms with Crippen LogP contribution in [0.1, 0.15) is 24.2 Å². The molecule has 0 aliphatic heterocycles. The van der Waals surface area contributed by atoms with Crippen molar-refractivity contribution in [2.75, 3.05) is 18.4 Å². The molecule has 0 radical (unpaired) electrons. The van der Waals surface area contributed by atoms with E-state index in [1.54, 1.807) is 24.3 Å². The Kier molecular flexibility index (Phi) is 6.75. The maximum absolute atomic E-state index is 12.4. The van der Waals surface area contributed by atoms with Crippen molar-refractivity contribution in [2.45, 2.75) is 13.8 Å². The van der Waals surface area contributed by atoms with Crippen LogP contribution >= 0.6 is 28.1 Å². The van der Waals surface area contributed by atoms with Crippen LogP contribution in [0.25, 0.3) is 0 Å². The van der Waals surface area contributed by atoms with Crippen LogP contribution in [-0.4, -0.2) is 29.1 Å². The molecular weight excluding hydrogens is 388 g/mol. The van der Waals surface area contributed by atoms with Crippen LogP contribution in [0.3, 0.4) is 0 Å². The summed E-state index contributed by atoms with van der Waals surface area (Å²) in [5.41, 5.74) is 1.24. The molecule has 0 atom stereocenters. The Labute approximate surface area is 155 Å². The average molecular weight is 407 g/mol. The summed E-state index contributed by atoms with van der Waals surface area (Å²) in [6.45, 7) is 5.58. The van der Waals surface area contributed by atoms with Gasteiger partial charge in [-0.15, -0.1) is 0 Å². The Morgan fingerprint density at radius 1 is 1.17 bits per heavy atom. The van der Waals surface area contributed by atoms with Gasteiger partial charge in [-0.05, 0) is 68.5 Å². The average Bonchev–Trinajstić information content (AvgIpc) is 2.58. The lowest BCUT2D eigenvalue weighted by molar-refractivity contribution is 0.102. The van der Waals surface area contributed by atoms with Gasteiger partial charge in [-0.25, -0.2) is 0 Å². The first-order valence-electron chi connectivity index (χ1n) is 7.67. The zero-order valence-corrected chi connectivity index (χ0v) is 16.0. The number of benzene rings is 2. The van der Waals surface area contributed by atoms with E-state index in [1.165, 1.54) is 0 Å². The number of nitrogens with zero attached hydrogens (tertiary/aromatic N) is 1. The minimum atomic E-state index is -0.198. The molecule has 0 aliphatic rings. The van der Waals surface area contributed by atoms with Gasteiger partial charge in [0, 0.05) is 28.8 Å². The number of nitrogens with one attached hydrogen (secondary N) is 1. The zero-order valence-electron chi connectivity index (χ0n) is 13.6. The third-order valence-corrected chi connectivity index (χ3v) is 4.30. The van der Waals surface area contributed by atoms with Gasteiger partial charge in [-0.1, -0.05) is 22.0 Å². The molecule has 126 valence electrons. The van der Waals surface area contributed by atoms with Crippen LogP contribution in [0.15, 0.2) is 53.0 Å². The largest absolute Gasteiger partial charge is 0.432 e. The monoisotopic (exact) mass is 406 g/mol. The highest BCUT2D eigenvalue weighted by atomic mass is 79.9. The summed E-state index contributed by atoms with van der Waals surface area (Å²) >= 11 is 8.65. The summed E-state index contributed by atoms with van der Waals surface area (Å²) in [6.07, 6.45) is 0. The number of amides is 1. The van der Waals surface area contributed by atoms with Gasteiger partial charge in [0.15, 0.2) is 0 Å². The van der Waals surface area contributed by atoms with Crippen molar-refractivity contribution in [1.82, 2.24) is 4.90 Å². The highest BCUT2D eigenvalue weighted by Crippen LogP contribution is 2.18. The van der Waals surface area contributed by atoms with Crippen molar-refractivity contribution < 1.29 is 9.53 Å². The number of hydrogen-bond donors (Lipinski definition) is 1. The molecule has 2 aromatic rings. The molecule has 0 aliphatic carbocycles. The predicted molar refractivity (Wildman–Crippen MR) is 105 cm³/mol. The summed E-state index contributed by atoms with van der Waals surface area (Å²) < 4.78 is 6.65. The van der Waals surface area contributed by atoms with Gasteiger partial charge >= 0.3 is 0 Å².